The van der Waals surface area contributed by atoms with Gasteiger partial charge in [-0.15, -0.1) is 5.10 Å². The smallest absolute Gasteiger partial charge is 0.319 e. The van der Waals surface area contributed by atoms with Crippen molar-refractivity contribution in [1.82, 2.24) is 20.2 Å². The molecule has 0 N–H and O–H groups in total. The van der Waals surface area contributed by atoms with Crippen LogP contribution in [0.25, 0.3) is 0 Å². The molecule has 0 amide bonds. The summed E-state index contributed by atoms with van der Waals surface area (Å²) in [6.07, 6.45) is 2.81. The van der Waals surface area contributed by atoms with E-state index in [1.807, 2.05) is 0 Å². The minimum atomic E-state index is -0.234. The molecule has 0 aromatic carbocycles. The zero-order valence-corrected chi connectivity index (χ0v) is 12.8. The fourth-order valence-electron chi connectivity index (χ4n) is 1.61. The first-order chi connectivity index (χ1) is 9.08. The van der Waals surface area contributed by atoms with Crippen molar-refractivity contribution in [3.05, 3.63) is 0 Å². The number of esters is 1. The zero-order chi connectivity index (χ0) is 14.3. The highest BCUT2D eigenvalue weighted by molar-refractivity contribution is 8.00. The third-order valence-electron chi connectivity index (χ3n) is 2.57. The van der Waals surface area contributed by atoms with Crippen LogP contribution < -0.4 is 0 Å². The number of carbonyl (C=O) groups excluding carboxylic acids is 1. The summed E-state index contributed by atoms with van der Waals surface area (Å²) in [6.45, 7) is 7.05. The Bertz CT molecular complexity index is 395. The molecule has 0 radical (unpaired) electrons. The van der Waals surface area contributed by atoms with Crippen molar-refractivity contribution in [3.8, 4) is 0 Å². The van der Waals surface area contributed by atoms with Crippen LogP contribution in [-0.2, 0) is 16.1 Å². The molecule has 1 rings (SSSR count). The number of unbranched alkanes of at least 4 members (excludes halogenated alkanes) is 1. The van der Waals surface area contributed by atoms with E-state index in [0.717, 1.165) is 25.8 Å². The summed E-state index contributed by atoms with van der Waals surface area (Å²) in [5, 5.41) is 12.1. The molecule has 6 nitrogen and oxygen atoms in total. The van der Waals surface area contributed by atoms with Crippen LogP contribution in [0, 0.1) is 5.92 Å². The van der Waals surface area contributed by atoms with Crippen LogP contribution in [0.1, 0.15) is 40.0 Å². The maximum atomic E-state index is 11.8. The third kappa shape index (κ3) is 5.18. The summed E-state index contributed by atoms with van der Waals surface area (Å²) < 4.78 is 6.59. The van der Waals surface area contributed by atoms with E-state index in [0.29, 0.717) is 11.1 Å². The maximum Gasteiger partial charge on any atom is 0.319 e. The van der Waals surface area contributed by atoms with E-state index in [2.05, 4.69) is 36.3 Å². The quantitative estimate of drug-likeness (QED) is 0.539. The molecule has 0 saturated heterocycles. The van der Waals surface area contributed by atoms with Gasteiger partial charge in [0.15, 0.2) is 0 Å². The van der Waals surface area contributed by atoms with E-state index < -0.39 is 0 Å². The second-order valence-corrected chi connectivity index (χ2v) is 5.98. The van der Waals surface area contributed by atoms with Gasteiger partial charge in [-0.05, 0) is 22.8 Å². The van der Waals surface area contributed by atoms with Gasteiger partial charge in [-0.1, -0.05) is 45.4 Å². The second kappa shape index (κ2) is 8.14. The van der Waals surface area contributed by atoms with E-state index in [9.17, 15) is 4.79 Å². The van der Waals surface area contributed by atoms with Crippen LogP contribution in [-0.4, -0.2) is 38.5 Å². The van der Waals surface area contributed by atoms with E-state index in [1.54, 1.807) is 4.68 Å². The van der Waals surface area contributed by atoms with Crippen LogP contribution in [0.4, 0.5) is 0 Å². The van der Waals surface area contributed by atoms with Crippen LogP contribution >= 0.6 is 11.8 Å². The number of nitrogens with zero attached hydrogens (tertiary/aromatic N) is 4. The first kappa shape index (κ1) is 15.9. The molecule has 0 aliphatic carbocycles. The summed E-state index contributed by atoms with van der Waals surface area (Å²) in [6, 6.07) is 0. The van der Waals surface area contributed by atoms with Crippen molar-refractivity contribution in [3.63, 3.8) is 0 Å². The predicted octanol–water partition coefficient (Wildman–Crippen LogP) is 2.15. The second-order valence-electron chi connectivity index (χ2n) is 4.81. The molecule has 0 bridgehead atoms. The Balaban J connectivity index is 2.72. The summed E-state index contributed by atoms with van der Waals surface area (Å²) >= 11 is 1.39. The van der Waals surface area contributed by atoms with Crippen molar-refractivity contribution in [1.29, 1.82) is 0 Å². The Morgan fingerprint density at radius 2 is 2.21 bits per heavy atom. The lowest BCUT2D eigenvalue weighted by Gasteiger charge is -2.13. The Kier molecular flexibility index (Phi) is 6.83. The van der Waals surface area contributed by atoms with Crippen LogP contribution in [0.15, 0.2) is 5.16 Å². The maximum absolute atomic E-state index is 11.8. The molecule has 1 unspecified atom stereocenters. The van der Waals surface area contributed by atoms with Crippen molar-refractivity contribution in [2.45, 2.75) is 57.0 Å². The fourth-order valence-corrected chi connectivity index (χ4v) is 2.66. The van der Waals surface area contributed by atoms with E-state index in [4.69, 9.17) is 4.74 Å². The minimum absolute atomic E-state index is 0.211. The molecule has 0 aliphatic heterocycles. The van der Waals surface area contributed by atoms with Gasteiger partial charge in [-0.25, -0.2) is 4.68 Å². The molecule has 0 aliphatic rings. The average Bonchev–Trinajstić information content (AvgIpc) is 2.79. The molecule has 1 atom stereocenters. The van der Waals surface area contributed by atoms with Gasteiger partial charge in [0.1, 0.15) is 5.25 Å². The number of aromatic nitrogens is 4. The topological polar surface area (TPSA) is 69.9 Å². The standard InChI is InChI=1S/C12H22N4O2S/c1-5-6-7-10(11(17)18-4)19-12-13-14-15-16(12)8-9(2)3/h9-10H,5-8H2,1-4H3. The highest BCUT2D eigenvalue weighted by Gasteiger charge is 2.23. The molecule has 19 heavy (non-hydrogen) atoms. The summed E-state index contributed by atoms with van der Waals surface area (Å²) in [4.78, 5) is 11.8. The number of rotatable bonds is 8. The van der Waals surface area contributed by atoms with Gasteiger partial charge in [0.2, 0.25) is 5.16 Å². The lowest BCUT2D eigenvalue weighted by atomic mass is 10.2. The van der Waals surface area contributed by atoms with Gasteiger partial charge in [0.25, 0.3) is 0 Å². The van der Waals surface area contributed by atoms with Crippen LogP contribution in [0.5, 0.6) is 0 Å². The first-order valence-electron chi connectivity index (χ1n) is 6.59. The lowest BCUT2D eigenvalue weighted by Crippen LogP contribution is -2.20. The number of hydrogen-bond acceptors (Lipinski definition) is 6. The average molecular weight is 286 g/mol. The van der Waals surface area contributed by atoms with Gasteiger partial charge < -0.3 is 4.74 Å². The van der Waals surface area contributed by atoms with E-state index >= 15 is 0 Å². The van der Waals surface area contributed by atoms with Gasteiger partial charge in [0.05, 0.1) is 7.11 Å². The first-order valence-corrected chi connectivity index (χ1v) is 7.47. The molecule has 1 aromatic rings. The molecular formula is C12H22N4O2S. The molecule has 108 valence electrons. The Labute approximate surface area is 118 Å². The summed E-state index contributed by atoms with van der Waals surface area (Å²) in [5.41, 5.74) is 0. The number of tetrazole rings is 1. The van der Waals surface area contributed by atoms with E-state index in [-0.39, 0.29) is 11.2 Å². The van der Waals surface area contributed by atoms with Gasteiger partial charge >= 0.3 is 5.97 Å². The summed E-state index contributed by atoms with van der Waals surface area (Å²) in [7, 11) is 1.42. The molecule has 1 heterocycles. The SMILES string of the molecule is CCCCC(Sc1nnnn1CC(C)C)C(=O)OC. The Morgan fingerprint density at radius 1 is 1.47 bits per heavy atom. The highest BCUT2D eigenvalue weighted by atomic mass is 32.2. The Hall–Kier alpha value is -1.11. The predicted molar refractivity (Wildman–Crippen MR) is 73.8 cm³/mol. The largest absolute Gasteiger partial charge is 0.468 e. The molecular weight excluding hydrogens is 264 g/mol. The molecule has 0 saturated carbocycles. The van der Waals surface area contributed by atoms with Crippen LogP contribution in [0.3, 0.4) is 0 Å². The van der Waals surface area contributed by atoms with Crippen LogP contribution in [0.2, 0.25) is 0 Å². The lowest BCUT2D eigenvalue weighted by molar-refractivity contribution is -0.140. The number of ether oxygens (including phenoxy) is 1. The highest BCUT2D eigenvalue weighted by Crippen LogP contribution is 2.25. The minimum Gasteiger partial charge on any atom is -0.468 e. The van der Waals surface area contributed by atoms with Gasteiger partial charge in [0, 0.05) is 6.54 Å². The number of carbonyl (C=O) groups is 1. The molecule has 7 heteroatoms. The summed E-state index contributed by atoms with van der Waals surface area (Å²) in [5.74, 6) is 0.243. The van der Waals surface area contributed by atoms with Crippen molar-refractivity contribution in [2.24, 2.45) is 5.92 Å². The van der Waals surface area contributed by atoms with Crippen molar-refractivity contribution in [2.75, 3.05) is 7.11 Å². The Morgan fingerprint density at radius 3 is 2.79 bits per heavy atom. The molecule has 1 aromatic heterocycles. The number of thioether (sulfide) groups is 1. The van der Waals surface area contributed by atoms with E-state index in [1.165, 1.54) is 18.9 Å². The monoisotopic (exact) mass is 286 g/mol. The fraction of sp³-hybridized carbons (Fsp3) is 0.833. The number of hydrogen-bond donors (Lipinski definition) is 0. The normalized spacial score (nSPS) is 12.7. The molecule has 0 fully saturated rings. The zero-order valence-electron chi connectivity index (χ0n) is 12.0. The number of methoxy groups -OCH3 is 1. The molecule has 0 spiro atoms. The van der Waals surface area contributed by atoms with Crippen molar-refractivity contribution < 1.29 is 9.53 Å². The van der Waals surface area contributed by atoms with Gasteiger partial charge in [-0.2, -0.15) is 0 Å². The van der Waals surface area contributed by atoms with Gasteiger partial charge in [-0.3, -0.25) is 4.79 Å². The third-order valence-corrected chi connectivity index (χ3v) is 3.78. The van der Waals surface area contributed by atoms with Crippen molar-refractivity contribution >= 4 is 17.7 Å².